The van der Waals surface area contributed by atoms with E-state index in [4.69, 9.17) is 0 Å². The molecule has 0 aliphatic carbocycles. The van der Waals surface area contributed by atoms with Gasteiger partial charge in [0.15, 0.2) is 0 Å². The van der Waals surface area contributed by atoms with E-state index in [0.29, 0.717) is 0 Å². The summed E-state index contributed by atoms with van der Waals surface area (Å²) >= 11 is 1.89. The Bertz CT molecular complexity index is 2790. The molecular weight excluding hydrogens is 671 g/mol. The topological polar surface area (TPSA) is 3.24 Å². The van der Waals surface area contributed by atoms with Crippen LogP contribution in [-0.2, 0) is 0 Å². The zero-order valence-corrected chi connectivity index (χ0v) is 30.4. The van der Waals surface area contributed by atoms with Gasteiger partial charge in [-0.1, -0.05) is 176 Å². The Morgan fingerprint density at radius 1 is 0.315 bits per heavy atom. The summed E-state index contributed by atoms with van der Waals surface area (Å²) in [6.45, 7) is 0. The number of hydrogen-bond acceptors (Lipinski definition) is 2. The van der Waals surface area contributed by atoms with Gasteiger partial charge in [-0.3, -0.25) is 0 Å². The summed E-state index contributed by atoms with van der Waals surface area (Å²) in [4.78, 5) is 2.44. The van der Waals surface area contributed by atoms with Gasteiger partial charge < -0.3 is 4.90 Å². The number of rotatable bonds is 7. The molecule has 0 atom stereocenters. The van der Waals surface area contributed by atoms with Gasteiger partial charge in [0.05, 0.1) is 10.4 Å². The quantitative estimate of drug-likeness (QED) is 0.160. The maximum atomic E-state index is 2.44. The van der Waals surface area contributed by atoms with Crippen molar-refractivity contribution < 1.29 is 0 Å². The van der Waals surface area contributed by atoms with Crippen LogP contribution in [0.5, 0.6) is 0 Å². The lowest BCUT2D eigenvalue weighted by molar-refractivity contribution is 1.30. The Labute approximate surface area is 319 Å². The van der Waals surface area contributed by atoms with Crippen molar-refractivity contribution in [1.82, 2.24) is 0 Å². The minimum absolute atomic E-state index is 1.12. The summed E-state index contributed by atoms with van der Waals surface area (Å²) < 4.78 is 2.56. The third-order valence-electron chi connectivity index (χ3n) is 10.5. The molecule has 1 nitrogen and oxygen atoms in total. The molecule has 0 aliphatic rings. The minimum atomic E-state index is 1.12. The van der Waals surface area contributed by atoms with Gasteiger partial charge in [-0.15, -0.1) is 11.3 Å². The molecule has 0 bridgehead atoms. The first-order chi connectivity index (χ1) is 26.8. The SMILES string of the molecule is c1ccc(-c2ccc(-c3ccc4c(c3)sc3c(N(c5ccc(-c6ccccc6)cc5)c5ccc(-c6ccccc6)cc5)cc5ccccc5c34)cc2)cc1. The lowest BCUT2D eigenvalue weighted by atomic mass is 9.98. The summed E-state index contributed by atoms with van der Waals surface area (Å²) in [5.74, 6) is 0. The Hall–Kier alpha value is -6.74. The molecule has 0 saturated carbocycles. The van der Waals surface area contributed by atoms with E-state index in [1.54, 1.807) is 0 Å². The molecule has 54 heavy (non-hydrogen) atoms. The summed E-state index contributed by atoms with van der Waals surface area (Å²) in [6.07, 6.45) is 0. The smallest absolute Gasteiger partial charge is 0.0646 e. The van der Waals surface area contributed by atoms with E-state index in [1.807, 2.05) is 11.3 Å². The molecule has 0 unspecified atom stereocenters. The van der Waals surface area contributed by atoms with Gasteiger partial charge in [0, 0.05) is 26.8 Å². The van der Waals surface area contributed by atoms with E-state index in [9.17, 15) is 0 Å². The van der Waals surface area contributed by atoms with Crippen LogP contribution in [0.25, 0.3) is 75.5 Å². The second-order valence-corrected chi connectivity index (χ2v) is 14.8. The van der Waals surface area contributed by atoms with Gasteiger partial charge in [-0.05, 0) is 91.7 Å². The largest absolute Gasteiger partial charge is 0.309 e. The van der Waals surface area contributed by atoms with E-state index in [-0.39, 0.29) is 0 Å². The van der Waals surface area contributed by atoms with Crippen LogP contribution in [0.1, 0.15) is 0 Å². The van der Waals surface area contributed by atoms with Crippen molar-refractivity contribution in [3.8, 4) is 44.5 Å². The van der Waals surface area contributed by atoms with Gasteiger partial charge >= 0.3 is 0 Å². The summed E-state index contributed by atoms with van der Waals surface area (Å²) in [5, 5.41) is 5.10. The first-order valence-corrected chi connectivity index (χ1v) is 19.2. The van der Waals surface area contributed by atoms with Crippen molar-refractivity contribution in [2.24, 2.45) is 0 Å². The van der Waals surface area contributed by atoms with Crippen LogP contribution in [0.3, 0.4) is 0 Å². The fourth-order valence-corrected chi connectivity index (χ4v) is 9.00. The third-order valence-corrected chi connectivity index (χ3v) is 11.7. The minimum Gasteiger partial charge on any atom is -0.309 e. The summed E-state index contributed by atoms with van der Waals surface area (Å²) in [5.41, 5.74) is 13.2. The van der Waals surface area contributed by atoms with Crippen molar-refractivity contribution in [1.29, 1.82) is 0 Å². The molecule has 0 aliphatic heterocycles. The maximum absolute atomic E-state index is 2.44. The number of thiophene rings is 1. The van der Waals surface area contributed by atoms with Gasteiger partial charge in [-0.2, -0.15) is 0 Å². The van der Waals surface area contributed by atoms with Crippen molar-refractivity contribution in [3.63, 3.8) is 0 Å². The van der Waals surface area contributed by atoms with Gasteiger partial charge in [0.25, 0.3) is 0 Å². The highest BCUT2D eigenvalue weighted by molar-refractivity contribution is 7.26. The summed E-state index contributed by atoms with van der Waals surface area (Å²) in [7, 11) is 0. The molecule has 254 valence electrons. The predicted octanol–water partition coefficient (Wildman–Crippen LogP) is 15.3. The highest BCUT2D eigenvalue weighted by Gasteiger charge is 2.21. The van der Waals surface area contributed by atoms with Gasteiger partial charge in [0.2, 0.25) is 0 Å². The molecule has 0 saturated heterocycles. The molecule has 10 rings (SSSR count). The van der Waals surface area contributed by atoms with Crippen LogP contribution in [0.4, 0.5) is 17.1 Å². The molecular formula is C52H35NS. The van der Waals surface area contributed by atoms with Crippen LogP contribution >= 0.6 is 11.3 Å². The van der Waals surface area contributed by atoms with E-state index in [2.05, 4.69) is 217 Å². The van der Waals surface area contributed by atoms with E-state index in [1.165, 1.54) is 81.1 Å². The molecule has 0 radical (unpaired) electrons. The first-order valence-electron chi connectivity index (χ1n) is 18.4. The Morgan fingerprint density at radius 3 is 1.24 bits per heavy atom. The molecule has 0 N–H and O–H groups in total. The van der Waals surface area contributed by atoms with E-state index in [0.717, 1.165) is 11.4 Å². The molecule has 10 aromatic rings. The second-order valence-electron chi connectivity index (χ2n) is 13.7. The fourth-order valence-electron chi connectivity index (χ4n) is 7.73. The number of fused-ring (bicyclic) bond motifs is 5. The molecule has 0 amide bonds. The number of anilines is 3. The zero-order valence-electron chi connectivity index (χ0n) is 29.6. The van der Waals surface area contributed by atoms with Gasteiger partial charge in [0.1, 0.15) is 0 Å². The fraction of sp³-hybridized carbons (Fsp3) is 0. The Kier molecular flexibility index (Phi) is 8.09. The maximum Gasteiger partial charge on any atom is 0.0646 e. The molecule has 0 spiro atoms. The van der Waals surface area contributed by atoms with Crippen LogP contribution < -0.4 is 4.90 Å². The van der Waals surface area contributed by atoms with Crippen LogP contribution in [0.15, 0.2) is 212 Å². The average molecular weight is 706 g/mol. The number of benzene rings is 9. The van der Waals surface area contributed by atoms with Gasteiger partial charge in [-0.25, -0.2) is 0 Å². The molecule has 1 heterocycles. The van der Waals surface area contributed by atoms with Crippen molar-refractivity contribution >= 4 is 59.3 Å². The highest BCUT2D eigenvalue weighted by Crippen LogP contribution is 2.49. The average Bonchev–Trinajstić information content (AvgIpc) is 3.65. The zero-order chi connectivity index (χ0) is 35.8. The van der Waals surface area contributed by atoms with Crippen LogP contribution in [0, 0.1) is 0 Å². The van der Waals surface area contributed by atoms with E-state index >= 15 is 0 Å². The predicted molar refractivity (Wildman–Crippen MR) is 233 cm³/mol. The van der Waals surface area contributed by atoms with E-state index < -0.39 is 0 Å². The molecule has 9 aromatic carbocycles. The van der Waals surface area contributed by atoms with Crippen molar-refractivity contribution in [2.75, 3.05) is 4.90 Å². The first kappa shape index (κ1) is 32.0. The highest BCUT2D eigenvalue weighted by atomic mass is 32.1. The lowest BCUT2D eigenvalue weighted by Gasteiger charge is -2.27. The van der Waals surface area contributed by atoms with Crippen LogP contribution in [-0.4, -0.2) is 0 Å². The number of hydrogen-bond donors (Lipinski definition) is 0. The lowest BCUT2D eigenvalue weighted by Crippen LogP contribution is -2.10. The second kappa shape index (κ2) is 13.7. The molecule has 2 heteroatoms. The molecule has 1 aromatic heterocycles. The number of nitrogens with zero attached hydrogens (tertiary/aromatic N) is 1. The third kappa shape index (κ3) is 5.84. The standard InChI is InChI=1S/C52H35NS/c1-4-12-36(13-5-1)39-20-22-42(23-21-39)43-28-33-48-50(35-43)54-52-49(34-44-18-10-11-19-47(44)51(48)52)53(45-29-24-40(25-30-45)37-14-6-2-7-15-37)46-31-26-41(27-32-46)38-16-8-3-9-17-38/h1-35H. The van der Waals surface area contributed by atoms with Crippen LogP contribution in [0.2, 0.25) is 0 Å². The van der Waals surface area contributed by atoms with Crippen molar-refractivity contribution in [2.45, 2.75) is 0 Å². The normalized spacial score (nSPS) is 11.3. The Balaban J connectivity index is 1.14. The van der Waals surface area contributed by atoms with Crippen molar-refractivity contribution in [3.05, 3.63) is 212 Å². The monoisotopic (exact) mass is 705 g/mol. The molecule has 0 fully saturated rings. The Morgan fingerprint density at radius 2 is 0.722 bits per heavy atom. The summed E-state index contributed by atoms with van der Waals surface area (Å²) in [6, 6.07) is 77.0.